The van der Waals surface area contributed by atoms with E-state index in [0.717, 1.165) is 40.0 Å². The van der Waals surface area contributed by atoms with Crippen molar-refractivity contribution in [3.8, 4) is 11.1 Å². The van der Waals surface area contributed by atoms with Gasteiger partial charge in [0.15, 0.2) is 0 Å². The molecule has 0 atom stereocenters. The van der Waals surface area contributed by atoms with E-state index in [0.29, 0.717) is 23.5 Å². The van der Waals surface area contributed by atoms with Crippen LogP contribution in [0.4, 0.5) is 4.79 Å². The van der Waals surface area contributed by atoms with Gasteiger partial charge in [0.2, 0.25) is 5.91 Å². The third kappa shape index (κ3) is 4.27. The number of carboxylic acid groups (broad SMARTS) is 1. The standard InChI is InChI=1S/C26H25N3O5S/c1-15-22(23(30)31)35-21(28-15)13-27-24(32)26(11-6-12-26)29-25(33)34-14-20-18-9-4-2-7-16(18)17-8-3-5-10-19(17)20/h2-5,7-10,20H,6,11-14H2,1H3,(H,27,32)(H,29,33)(H,30,31). The van der Waals surface area contributed by atoms with Crippen LogP contribution in [-0.4, -0.2) is 40.2 Å². The number of rotatable bonds is 7. The average molecular weight is 492 g/mol. The molecule has 1 aromatic heterocycles. The van der Waals surface area contributed by atoms with Gasteiger partial charge in [-0.15, -0.1) is 11.3 Å². The van der Waals surface area contributed by atoms with Crippen molar-refractivity contribution in [1.29, 1.82) is 0 Å². The summed E-state index contributed by atoms with van der Waals surface area (Å²) < 4.78 is 5.62. The molecular formula is C26H25N3O5S. The molecule has 2 aromatic carbocycles. The molecule has 8 nitrogen and oxygen atoms in total. The van der Waals surface area contributed by atoms with Crippen molar-refractivity contribution in [2.75, 3.05) is 6.61 Å². The van der Waals surface area contributed by atoms with Crippen LogP contribution in [0.25, 0.3) is 11.1 Å². The summed E-state index contributed by atoms with van der Waals surface area (Å²) in [6.07, 6.45) is 1.22. The van der Waals surface area contributed by atoms with Gasteiger partial charge in [-0.25, -0.2) is 14.6 Å². The lowest BCUT2D eigenvalue weighted by Crippen LogP contribution is -2.62. The number of nitrogens with one attached hydrogen (secondary N) is 2. The molecular weight excluding hydrogens is 466 g/mol. The number of aromatic nitrogens is 1. The second-order valence-corrected chi connectivity index (χ2v) is 9.98. The molecule has 1 heterocycles. The van der Waals surface area contributed by atoms with E-state index in [1.54, 1.807) is 6.92 Å². The number of carbonyl (C=O) groups is 3. The zero-order valence-corrected chi connectivity index (χ0v) is 20.0. The normalized spacial score (nSPS) is 15.5. The number of ether oxygens (including phenoxy) is 1. The summed E-state index contributed by atoms with van der Waals surface area (Å²) in [6.45, 7) is 1.90. The van der Waals surface area contributed by atoms with Gasteiger partial charge in [0.05, 0.1) is 12.2 Å². The van der Waals surface area contributed by atoms with Crippen LogP contribution < -0.4 is 10.6 Å². The van der Waals surface area contributed by atoms with Gasteiger partial charge >= 0.3 is 12.1 Å². The van der Waals surface area contributed by atoms with Gasteiger partial charge in [-0.3, -0.25) is 4.79 Å². The number of fused-ring (bicyclic) bond motifs is 3. The number of carbonyl (C=O) groups excluding carboxylic acids is 2. The van der Waals surface area contributed by atoms with Gasteiger partial charge in [-0.2, -0.15) is 0 Å². The predicted octanol–water partition coefficient (Wildman–Crippen LogP) is 4.23. The Labute approximate surface area is 206 Å². The monoisotopic (exact) mass is 491 g/mol. The number of benzene rings is 2. The smallest absolute Gasteiger partial charge is 0.408 e. The van der Waals surface area contributed by atoms with Gasteiger partial charge in [-0.05, 0) is 48.4 Å². The Hall–Kier alpha value is -3.72. The topological polar surface area (TPSA) is 118 Å². The van der Waals surface area contributed by atoms with Crippen LogP contribution in [0.3, 0.4) is 0 Å². The number of aryl methyl sites for hydroxylation is 1. The van der Waals surface area contributed by atoms with Crippen molar-refractivity contribution in [3.05, 3.63) is 75.2 Å². The van der Waals surface area contributed by atoms with Crippen LogP contribution in [0.5, 0.6) is 0 Å². The molecule has 3 aromatic rings. The van der Waals surface area contributed by atoms with E-state index >= 15 is 0 Å². The lowest BCUT2D eigenvalue weighted by molar-refractivity contribution is -0.131. The van der Waals surface area contributed by atoms with Crippen LogP contribution in [0.2, 0.25) is 0 Å². The molecule has 9 heteroatoms. The summed E-state index contributed by atoms with van der Waals surface area (Å²) in [5, 5.41) is 15.3. The van der Waals surface area contributed by atoms with Crippen molar-refractivity contribution in [1.82, 2.24) is 15.6 Å². The van der Waals surface area contributed by atoms with Crippen LogP contribution in [0, 0.1) is 6.92 Å². The van der Waals surface area contributed by atoms with Crippen LogP contribution >= 0.6 is 11.3 Å². The molecule has 5 rings (SSSR count). The Bertz CT molecular complexity index is 1270. The lowest BCUT2D eigenvalue weighted by Gasteiger charge is -2.40. The fourth-order valence-electron chi connectivity index (χ4n) is 4.82. The maximum absolute atomic E-state index is 12.9. The number of amides is 2. The fourth-order valence-corrected chi connectivity index (χ4v) is 5.66. The molecule has 0 radical (unpaired) electrons. The first kappa shape index (κ1) is 23.0. The highest BCUT2D eigenvalue weighted by molar-refractivity contribution is 7.13. The number of aromatic carboxylic acids is 1. The highest BCUT2D eigenvalue weighted by Crippen LogP contribution is 2.44. The molecule has 0 aliphatic heterocycles. The van der Waals surface area contributed by atoms with E-state index < -0.39 is 17.6 Å². The van der Waals surface area contributed by atoms with Gasteiger partial charge in [0.1, 0.15) is 22.0 Å². The molecule has 180 valence electrons. The highest BCUT2D eigenvalue weighted by atomic mass is 32.1. The van der Waals surface area contributed by atoms with E-state index in [2.05, 4.69) is 39.9 Å². The quantitative estimate of drug-likeness (QED) is 0.455. The van der Waals surface area contributed by atoms with Gasteiger partial charge < -0.3 is 20.5 Å². The first-order chi connectivity index (χ1) is 16.9. The van der Waals surface area contributed by atoms with E-state index in [-0.39, 0.29) is 29.9 Å². The second-order valence-electron chi connectivity index (χ2n) is 8.90. The zero-order chi connectivity index (χ0) is 24.6. The first-order valence-corrected chi connectivity index (χ1v) is 12.3. The lowest BCUT2D eigenvalue weighted by atomic mass is 9.76. The van der Waals surface area contributed by atoms with Crippen LogP contribution in [0.15, 0.2) is 48.5 Å². The number of hydrogen-bond acceptors (Lipinski definition) is 6. The third-order valence-corrected chi connectivity index (χ3v) is 7.91. The summed E-state index contributed by atoms with van der Waals surface area (Å²) in [6, 6.07) is 16.2. The van der Waals surface area contributed by atoms with Crippen molar-refractivity contribution in [3.63, 3.8) is 0 Å². The first-order valence-electron chi connectivity index (χ1n) is 11.5. The minimum atomic E-state index is -1.04. The Morgan fingerprint density at radius 2 is 1.71 bits per heavy atom. The molecule has 2 aliphatic carbocycles. The summed E-state index contributed by atoms with van der Waals surface area (Å²) in [4.78, 5) is 41.3. The van der Waals surface area contributed by atoms with Crippen molar-refractivity contribution in [2.45, 2.75) is 44.2 Å². The molecule has 1 fully saturated rings. The van der Waals surface area contributed by atoms with E-state index in [1.165, 1.54) is 0 Å². The number of hydrogen-bond donors (Lipinski definition) is 3. The number of alkyl carbamates (subject to hydrolysis) is 1. The van der Waals surface area contributed by atoms with Crippen molar-refractivity contribution >= 4 is 29.3 Å². The number of carboxylic acids is 1. The average Bonchev–Trinajstić information content (AvgIpc) is 3.36. The van der Waals surface area contributed by atoms with Gasteiger partial charge in [0, 0.05) is 5.92 Å². The van der Waals surface area contributed by atoms with Crippen molar-refractivity contribution in [2.24, 2.45) is 0 Å². The third-order valence-electron chi connectivity index (χ3n) is 6.76. The fraction of sp³-hybridized carbons (Fsp3) is 0.308. The maximum atomic E-state index is 12.9. The van der Waals surface area contributed by atoms with E-state index in [9.17, 15) is 19.5 Å². The molecule has 35 heavy (non-hydrogen) atoms. The summed E-state index contributed by atoms with van der Waals surface area (Å²) in [5.74, 6) is -1.41. The molecule has 0 saturated heterocycles. The van der Waals surface area contributed by atoms with Gasteiger partial charge in [-0.1, -0.05) is 48.5 Å². The zero-order valence-electron chi connectivity index (χ0n) is 19.2. The summed E-state index contributed by atoms with van der Waals surface area (Å²) in [5.41, 5.74) is 3.94. The minimum Gasteiger partial charge on any atom is -0.477 e. The highest BCUT2D eigenvalue weighted by Gasteiger charge is 2.46. The van der Waals surface area contributed by atoms with Gasteiger partial charge in [0.25, 0.3) is 0 Å². The Morgan fingerprint density at radius 3 is 2.26 bits per heavy atom. The number of thiazole rings is 1. The molecule has 2 amide bonds. The molecule has 3 N–H and O–H groups in total. The maximum Gasteiger partial charge on any atom is 0.408 e. The molecule has 0 spiro atoms. The van der Waals surface area contributed by atoms with Crippen LogP contribution in [-0.2, 0) is 16.1 Å². The van der Waals surface area contributed by atoms with Crippen LogP contribution in [0.1, 0.15) is 56.7 Å². The Morgan fingerprint density at radius 1 is 1.09 bits per heavy atom. The minimum absolute atomic E-state index is 0.0594. The molecule has 1 saturated carbocycles. The molecule has 0 bridgehead atoms. The van der Waals surface area contributed by atoms with E-state index in [4.69, 9.17) is 4.74 Å². The summed E-state index contributed by atoms with van der Waals surface area (Å²) in [7, 11) is 0. The predicted molar refractivity (Wildman–Crippen MR) is 130 cm³/mol. The molecule has 0 unspecified atom stereocenters. The number of nitrogens with zero attached hydrogens (tertiary/aromatic N) is 1. The largest absolute Gasteiger partial charge is 0.477 e. The second kappa shape index (κ2) is 9.14. The molecule has 2 aliphatic rings. The Kier molecular flexibility index (Phi) is 6.02. The van der Waals surface area contributed by atoms with E-state index in [1.807, 2.05) is 24.3 Å². The Balaban J connectivity index is 1.21. The summed E-state index contributed by atoms with van der Waals surface area (Å²) >= 11 is 1.03. The van der Waals surface area contributed by atoms with Crippen molar-refractivity contribution < 1.29 is 24.2 Å². The SMILES string of the molecule is Cc1nc(CNC(=O)C2(NC(=O)OCC3c4ccccc4-c4ccccc43)CCC2)sc1C(=O)O.